The number of nitrogen functional groups attached to an aromatic ring is 1. The van der Waals surface area contributed by atoms with Gasteiger partial charge >= 0.3 is 0 Å². The highest BCUT2D eigenvalue weighted by Crippen LogP contribution is 2.40. The van der Waals surface area contributed by atoms with Gasteiger partial charge in [-0.25, -0.2) is 0 Å². The summed E-state index contributed by atoms with van der Waals surface area (Å²) >= 11 is 0. The number of aliphatic imine (C=N–C) groups is 1. The Labute approximate surface area is 139 Å². The number of aryl methyl sites for hydroxylation is 1. The SMILES string of the molecule is Cc1ccc(C(N)(CCC2CC2)C2=CC=CCCN=C2)cc1N. The van der Waals surface area contributed by atoms with Crippen LogP contribution in [0.1, 0.15) is 43.2 Å². The average Bonchev–Trinajstić information content (AvgIpc) is 3.31. The van der Waals surface area contributed by atoms with Gasteiger partial charge in [0.25, 0.3) is 0 Å². The van der Waals surface area contributed by atoms with Crippen LogP contribution in [-0.2, 0) is 5.54 Å². The highest BCUT2D eigenvalue weighted by atomic mass is 14.8. The van der Waals surface area contributed by atoms with Crippen LogP contribution in [0.2, 0.25) is 0 Å². The molecule has 0 bridgehead atoms. The molecule has 122 valence electrons. The van der Waals surface area contributed by atoms with E-state index in [2.05, 4.69) is 35.4 Å². The van der Waals surface area contributed by atoms with E-state index >= 15 is 0 Å². The minimum absolute atomic E-state index is 0.518. The molecule has 0 aromatic heterocycles. The predicted octanol–water partition coefficient (Wildman–Crippen LogP) is 3.88. The third kappa shape index (κ3) is 3.73. The first-order valence-corrected chi connectivity index (χ1v) is 8.62. The van der Waals surface area contributed by atoms with Gasteiger partial charge in [-0.15, -0.1) is 0 Å². The number of nitrogens with two attached hydrogens (primary N) is 2. The molecule has 0 saturated heterocycles. The van der Waals surface area contributed by atoms with E-state index in [1.54, 1.807) is 0 Å². The van der Waals surface area contributed by atoms with Gasteiger partial charge in [-0.2, -0.15) is 0 Å². The van der Waals surface area contributed by atoms with Gasteiger partial charge in [-0.1, -0.05) is 43.2 Å². The Bertz CT molecular complexity index is 653. The number of anilines is 1. The smallest absolute Gasteiger partial charge is 0.0681 e. The lowest BCUT2D eigenvalue weighted by molar-refractivity contribution is 0.460. The van der Waals surface area contributed by atoms with Crippen molar-refractivity contribution in [2.75, 3.05) is 12.3 Å². The molecule has 23 heavy (non-hydrogen) atoms. The Kier molecular flexibility index (Phi) is 4.67. The Morgan fingerprint density at radius 2 is 2.13 bits per heavy atom. The number of nitrogens with zero attached hydrogens (tertiary/aromatic N) is 1. The summed E-state index contributed by atoms with van der Waals surface area (Å²) in [5.74, 6) is 0.849. The van der Waals surface area contributed by atoms with Crippen molar-refractivity contribution in [3.63, 3.8) is 0 Å². The normalized spacial score (nSPS) is 20.5. The summed E-state index contributed by atoms with van der Waals surface area (Å²) in [6, 6.07) is 6.23. The van der Waals surface area contributed by atoms with E-state index in [0.29, 0.717) is 0 Å². The van der Waals surface area contributed by atoms with Crippen molar-refractivity contribution in [1.29, 1.82) is 0 Å². The molecule has 0 amide bonds. The molecule has 1 aliphatic heterocycles. The first-order valence-electron chi connectivity index (χ1n) is 8.62. The molecule has 1 atom stereocenters. The van der Waals surface area contributed by atoms with Crippen molar-refractivity contribution in [2.24, 2.45) is 16.6 Å². The van der Waals surface area contributed by atoms with Crippen molar-refractivity contribution in [3.8, 4) is 0 Å². The van der Waals surface area contributed by atoms with Crippen molar-refractivity contribution in [1.82, 2.24) is 0 Å². The van der Waals surface area contributed by atoms with Gasteiger partial charge in [0.1, 0.15) is 0 Å². The lowest BCUT2D eigenvalue weighted by atomic mass is 9.78. The van der Waals surface area contributed by atoms with Crippen molar-refractivity contribution in [2.45, 2.75) is 44.6 Å². The lowest BCUT2D eigenvalue weighted by Crippen LogP contribution is -2.40. The molecule has 3 rings (SSSR count). The van der Waals surface area contributed by atoms with Crippen LogP contribution >= 0.6 is 0 Å². The molecule has 1 aromatic rings. The first-order chi connectivity index (χ1) is 11.1. The molecular weight excluding hydrogens is 282 g/mol. The number of rotatable bonds is 5. The second-order valence-corrected chi connectivity index (χ2v) is 6.90. The maximum absolute atomic E-state index is 6.96. The van der Waals surface area contributed by atoms with Crippen LogP contribution < -0.4 is 11.5 Å². The molecule has 1 unspecified atom stereocenters. The fraction of sp³-hybridized carbons (Fsp3) is 0.450. The zero-order chi connectivity index (χ0) is 16.3. The van der Waals surface area contributed by atoms with Crippen molar-refractivity contribution in [3.05, 3.63) is 53.1 Å². The molecule has 3 heteroatoms. The van der Waals surface area contributed by atoms with Gasteiger partial charge in [0, 0.05) is 18.4 Å². The number of hydrogen-bond donors (Lipinski definition) is 2. The fourth-order valence-electron chi connectivity index (χ4n) is 3.10. The van der Waals surface area contributed by atoms with E-state index < -0.39 is 5.54 Å². The molecule has 0 spiro atoms. The van der Waals surface area contributed by atoms with Crippen LogP contribution in [0.5, 0.6) is 0 Å². The maximum atomic E-state index is 6.96. The van der Waals surface area contributed by atoms with Crippen LogP contribution in [0, 0.1) is 12.8 Å². The van der Waals surface area contributed by atoms with Crippen molar-refractivity contribution < 1.29 is 0 Å². The summed E-state index contributed by atoms with van der Waals surface area (Å²) in [6.45, 7) is 2.85. The molecule has 1 heterocycles. The summed E-state index contributed by atoms with van der Waals surface area (Å²) in [5.41, 5.74) is 16.7. The van der Waals surface area contributed by atoms with Gasteiger partial charge in [0.05, 0.1) is 5.54 Å². The second kappa shape index (κ2) is 6.71. The quantitative estimate of drug-likeness (QED) is 0.811. The Balaban J connectivity index is 1.99. The standard InChI is InChI=1S/C20H27N3/c1-15-6-9-17(13-19(15)21)20(22,11-10-16-7-8-16)18-5-3-2-4-12-23-14-18/h2-3,5-6,9,13-14,16H,4,7-8,10-12,21-22H2,1H3. The minimum atomic E-state index is -0.518. The summed E-state index contributed by atoms with van der Waals surface area (Å²) < 4.78 is 0. The zero-order valence-electron chi connectivity index (χ0n) is 14.0. The average molecular weight is 309 g/mol. The molecule has 0 radical (unpaired) electrons. The van der Waals surface area contributed by atoms with E-state index in [1.165, 1.54) is 19.3 Å². The van der Waals surface area contributed by atoms with E-state index in [4.69, 9.17) is 11.5 Å². The first kappa shape index (κ1) is 16.0. The molecule has 1 saturated carbocycles. The molecule has 1 aromatic carbocycles. The third-order valence-electron chi connectivity index (χ3n) is 5.02. The summed E-state index contributed by atoms with van der Waals surface area (Å²) in [6.07, 6.45) is 14.1. The van der Waals surface area contributed by atoms with Crippen LogP contribution in [0.15, 0.2) is 47.0 Å². The summed E-state index contributed by atoms with van der Waals surface area (Å²) in [5, 5.41) is 0. The van der Waals surface area contributed by atoms with E-state index in [-0.39, 0.29) is 0 Å². The Hall–Kier alpha value is -1.87. The highest BCUT2D eigenvalue weighted by molar-refractivity contribution is 5.83. The second-order valence-electron chi connectivity index (χ2n) is 6.90. The van der Waals surface area contributed by atoms with Crippen molar-refractivity contribution >= 4 is 11.9 Å². The number of allylic oxidation sites excluding steroid dienone is 2. The van der Waals surface area contributed by atoms with Gasteiger partial charge in [0.15, 0.2) is 0 Å². The van der Waals surface area contributed by atoms with Gasteiger partial charge in [-0.05, 0) is 54.9 Å². The fourth-order valence-corrected chi connectivity index (χ4v) is 3.10. The van der Waals surface area contributed by atoms with Gasteiger partial charge in [0.2, 0.25) is 0 Å². The van der Waals surface area contributed by atoms with Crippen LogP contribution in [-0.4, -0.2) is 12.8 Å². The Morgan fingerprint density at radius 3 is 2.87 bits per heavy atom. The van der Waals surface area contributed by atoms with E-state index in [9.17, 15) is 0 Å². The largest absolute Gasteiger partial charge is 0.399 e. The van der Waals surface area contributed by atoms with E-state index in [1.807, 2.05) is 19.2 Å². The monoisotopic (exact) mass is 309 g/mol. The highest BCUT2D eigenvalue weighted by Gasteiger charge is 2.34. The molecule has 4 N–H and O–H groups in total. The van der Waals surface area contributed by atoms with E-state index in [0.717, 1.165) is 47.7 Å². The summed E-state index contributed by atoms with van der Waals surface area (Å²) in [7, 11) is 0. The van der Waals surface area contributed by atoms with Crippen LogP contribution in [0.25, 0.3) is 0 Å². The predicted molar refractivity (Wildman–Crippen MR) is 98.6 cm³/mol. The Morgan fingerprint density at radius 1 is 1.30 bits per heavy atom. The number of benzene rings is 1. The van der Waals surface area contributed by atoms with Crippen LogP contribution in [0.4, 0.5) is 5.69 Å². The number of hydrogen-bond acceptors (Lipinski definition) is 3. The molecular formula is C20H27N3. The van der Waals surface area contributed by atoms with Gasteiger partial charge < -0.3 is 11.5 Å². The molecule has 1 fully saturated rings. The maximum Gasteiger partial charge on any atom is 0.0681 e. The lowest BCUT2D eigenvalue weighted by Gasteiger charge is -2.32. The zero-order valence-corrected chi connectivity index (χ0v) is 14.0. The van der Waals surface area contributed by atoms with Crippen LogP contribution in [0.3, 0.4) is 0 Å². The summed E-state index contributed by atoms with van der Waals surface area (Å²) in [4.78, 5) is 4.53. The molecule has 1 aliphatic carbocycles. The van der Waals surface area contributed by atoms with Gasteiger partial charge in [-0.3, -0.25) is 4.99 Å². The third-order valence-corrected chi connectivity index (χ3v) is 5.02. The minimum Gasteiger partial charge on any atom is -0.399 e. The molecule has 2 aliphatic rings. The molecule has 3 nitrogen and oxygen atoms in total. The topological polar surface area (TPSA) is 64.4 Å².